The summed E-state index contributed by atoms with van der Waals surface area (Å²) >= 11 is 0. The summed E-state index contributed by atoms with van der Waals surface area (Å²) in [6.45, 7) is 1.74. The van der Waals surface area contributed by atoms with Crippen LogP contribution in [-0.2, 0) is 13.0 Å². The van der Waals surface area contributed by atoms with Gasteiger partial charge in [0.2, 0.25) is 0 Å². The molecule has 0 spiro atoms. The van der Waals surface area contributed by atoms with Gasteiger partial charge in [-0.3, -0.25) is 9.88 Å². The third-order valence-electron chi connectivity index (χ3n) is 4.32. The lowest BCUT2D eigenvalue weighted by atomic mass is 9.95. The molecule has 0 radical (unpaired) electrons. The Morgan fingerprint density at radius 1 is 1.26 bits per heavy atom. The number of fused-ring (bicyclic) bond motifs is 1. The van der Waals surface area contributed by atoms with Gasteiger partial charge in [-0.2, -0.15) is 0 Å². The zero-order valence-electron chi connectivity index (χ0n) is 12.7. The number of aromatic hydroxyl groups is 1. The highest BCUT2D eigenvalue weighted by Gasteiger charge is 2.31. The normalized spacial score (nSPS) is 17.8. The van der Waals surface area contributed by atoms with Gasteiger partial charge in [0.15, 0.2) is 0 Å². The standard InChI is InChI=1S/C18H18N4O/c23-15-5-1-4-14(9-15)18-17-16(20-12-21-17)6-8-22(18)11-13-3-2-7-19-10-13/h1-5,7,9-10,12,18,23H,6,8,11H2,(H,20,21). The molecule has 0 aliphatic carbocycles. The number of rotatable bonds is 3. The Morgan fingerprint density at radius 2 is 2.22 bits per heavy atom. The monoisotopic (exact) mass is 306 g/mol. The summed E-state index contributed by atoms with van der Waals surface area (Å²) < 4.78 is 0. The summed E-state index contributed by atoms with van der Waals surface area (Å²) in [7, 11) is 0. The zero-order chi connectivity index (χ0) is 15.6. The number of hydrogen-bond donors (Lipinski definition) is 2. The molecule has 116 valence electrons. The fraction of sp³-hybridized carbons (Fsp3) is 0.222. The molecule has 0 saturated carbocycles. The summed E-state index contributed by atoms with van der Waals surface area (Å²) in [6.07, 6.45) is 6.40. The van der Waals surface area contributed by atoms with Crippen LogP contribution in [0.4, 0.5) is 0 Å². The zero-order valence-corrected chi connectivity index (χ0v) is 12.7. The minimum absolute atomic E-state index is 0.0392. The van der Waals surface area contributed by atoms with Crippen LogP contribution in [0.1, 0.15) is 28.6 Å². The molecule has 3 heterocycles. The van der Waals surface area contributed by atoms with Crippen molar-refractivity contribution in [2.45, 2.75) is 19.0 Å². The van der Waals surface area contributed by atoms with Crippen LogP contribution >= 0.6 is 0 Å². The van der Waals surface area contributed by atoms with Crippen LogP contribution in [0, 0.1) is 0 Å². The first-order valence-electron chi connectivity index (χ1n) is 7.75. The van der Waals surface area contributed by atoms with Crippen molar-refractivity contribution >= 4 is 0 Å². The van der Waals surface area contributed by atoms with Gasteiger partial charge in [-0.05, 0) is 29.3 Å². The molecule has 1 aromatic carbocycles. The van der Waals surface area contributed by atoms with Crippen LogP contribution in [0.2, 0.25) is 0 Å². The van der Waals surface area contributed by atoms with E-state index < -0.39 is 0 Å². The van der Waals surface area contributed by atoms with Crippen molar-refractivity contribution in [3.05, 3.63) is 77.6 Å². The molecule has 1 aliphatic rings. The molecular weight excluding hydrogens is 288 g/mol. The Morgan fingerprint density at radius 3 is 3.04 bits per heavy atom. The predicted octanol–water partition coefficient (Wildman–Crippen LogP) is 2.66. The second-order valence-electron chi connectivity index (χ2n) is 5.85. The van der Waals surface area contributed by atoms with E-state index in [4.69, 9.17) is 0 Å². The quantitative estimate of drug-likeness (QED) is 0.781. The van der Waals surface area contributed by atoms with Crippen molar-refractivity contribution in [1.82, 2.24) is 19.9 Å². The highest BCUT2D eigenvalue weighted by Crippen LogP contribution is 2.35. The molecule has 1 aliphatic heterocycles. The second kappa shape index (κ2) is 5.85. The van der Waals surface area contributed by atoms with Crippen LogP contribution in [0.5, 0.6) is 5.75 Å². The van der Waals surface area contributed by atoms with Gasteiger partial charge in [0.25, 0.3) is 0 Å². The molecule has 0 amide bonds. The Balaban J connectivity index is 1.73. The SMILES string of the molecule is Oc1cccc(C2c3nc[nH]c3CCN2Cc2cccnc2)c1. The summed E-state index contributed by atoms with van der Waals surface area (Å²) in [5, 5.41) is 9.86. The number of benzene rings is 1. The number of nitrogens with one attached hydrogen (secondary N) is 1. The third-order valence-corrected chi connectivity index (χ3v) is 4.32. The topological polar surface area (TPSA) is 65.0 Å². The molecule has 0 fully saturated rings. The Labute approximate surface area is 134 Å². The summed E-state index contributed by atoms with van der Waals surface area (Å²) in [6, 6.07) is 11.5. The minimum Gasteiger partial charge on any atom is -0.508 e. The van der Waals surface area contributed by atoms with E-state index in [0.29, 0.717) is 0 Å². The van der Waals surface area contributed by atoms with Crippen molar-refractivity contribution < 1.29 is 5.11 Å². The molecule has 5 heteroatoms. The number of aromatic nitrogens is 3. The van der Waals surface area contributed by atoms with Gasteiger partial charge in [0.1, 0.15) is 5.75 Å². The first-order chi connectivity index (χ1) is 11.3. The summed E-state index contributed by atoms with van der Waals surface area (Å²) in [5.41, 5.74) is 4.46. The highest BCUT2D eigenvalue weighted by molar-refractivity contribution is 5.37. The lowest BCUT2D eigenvalue weighted by Crippen LogP contribution is -2.35. The molecule has 2 N–H and O–H groups in total. The van der Waals surface area contributed by atoms with Crippen molar-refractivity contribution in [3.8, 4) is 5.75 Å². The fourth-order valence-electron chi connectivity index (χ4n) is 3.28. The molecule has 4 rings (SSSR count). The van der Waals surface area contributed by atoms with Gasteiger partial charge in [-0.25, -0.2) is 4.98 Å². The smallest absolute Gasteiger partial charge is 0.115 e. The Kier molecular flexibility index (Phi) is 3.55. The maximum Gasteiger partial charge on any atom is 0.115 e. The van der Waals surface area contributed by atoms with E-state index in [9.17, 15) is 5.11 Å². The molecule has 3 aromatic rings. The van der Waals surface area contributed by atoms with Crippen molar-refractivity contribution in [3.63, 3.8) is 0 Å². The van der Waals surface area contributed by atoms with E-state index in [2.05, 4.69) is 25.9 Å². The number of nitrogens with zero attached hydrogens (tertiary/aromatic N) is 3. The number of aromatic amines is 1. The molecule has 2 aromatic heterocycles. The van der Waals surface area contributed by atoms with Crippen molar-refractivity contribution in [1.29, 1.82) is 0 Å². The van der Waals surface area contributed by atoms with E-state index in [1.807, 2.05) is 30.5 Å². The van der Waals surface area contributed by atoms with Crippen molar-refractivity contribution in [2.24, 2.45) is 0 Å². The van der Waals surface area contributed by atoms with Gasteiger partial charge >= 0.3 is 0 Å². The minimum atomic E-state index is 0.0392. The average molecular weight is 306 g/mol. The average Bonchev–Trinajstić information content (AvgIpc) is 3.04. The highest BCUT2D eigenvalue weighted by atomic mass is 16.3. The largest absolute Gasteiger partial charge is 0.508 e. The molecule has 1 atom stereocenters. The molecule has 23 heavy (non-hydrogen) atoms. The lowest BCUT2D eigenvalue weighted by molar-refractivity contribution is 0.200. The Hall–Kier alpha value is -2.66. The van der Waals surface area contributed by atoms with Gasteiger partial charge < -0.3 is 10.1 Å². The first kappa shape index (κ1) is 14.0. The number of hydrogen-bond acceptors (Lipinski definition) is 4. The molecule has 5 nitrogen and oxygen atoms in total. The van der Waals surface area contributed by atoms with E-state index in [-0.39, 0.29) is 11.8 Å². The maximum atomic E-state index is 9.86. The van der Waals surface area contributed by atoms with E-state index in [1.165, 1.54) is 11.3 Å². The summed E-state index contributed by atoms with van der Waals surface area (Å²) in [5.74, 6) is 0.284. The lowest BCUT2D eigenvalue weighted by Gasteiger charge is -2.35. The van der Waals surface area contributed by atoms with E-state index in [1.54, 1.807) is 18.6 Å². The predicted molar refractivity (Wildman–Crippen MR) is 86.9 cm³/mol. The Bertz CT molecular complexity index is 800. The first-order valence-corrected chi connectivity index (χ1v) is 7.75. The molecular formula is C18H18N4O. The number of imidazole rings is 1. The number of pyridine rings is 1. The van der Waals surface area contributed by atoms with Crippen LogP contribution in [0.25, 0.3) is 0 Å². The third kappa shape index (κ3) is 2.71. The van der Waals surface area contributed by atoms with Crippen LogP contribution in [0.15, 0.2) is 55.1 Å². The van der Waals surface area contributed by atoms with Gasteiger partial charge in [-0.15, -0.1) is 0 Å². The molecule has 0 saturated heterocycles. The van der Waals surface area contributed by atoms with Gasteiger partial charge in [0.05, 0.1) is 18.1 Å². The number of phenols is 1. The van der Waals surface area contributed by atoms with Gasteiger partial charge in [0, 0.05) is 37.6 Å². The number of H-pyrrole nitrogens is 1. The summed E-state index contributed by atoms with van der Waals surface area (Å²) in [4.78, 5) is 14.4. The van der Waals surface area contributed by atoms with Crippen molar-refractivity contribution in [2.75, 3.05) is 6.54 Å². The second-order valence-corrected chi connectivity index (χ2v) is 5.85. The van der Waals surface area contributed by atoms with Crippen LogP contribution in [-0.4, -0.2) is 31.5 Å². The van der Waals surface area contributed by atoms with E-state index in [0.717, 1.165) is 30.8 Å². The molecule has 0 bridgehead atoms. The van der Waals surface area contributed by atoms with E-state index >= 15 is 0 Å². The maximum absolute atomic E-state index is 9.86. The van der Waals surface area contributed by atoms with Gasteiger partial charge in [-0.1, -0.05) is 18.2 Å². The fourth-order valence-corrected chi connectivity index (χ4v) is 3.28. The molecule has 1 unspecified atom stereocenters. The van der Waals surface area contributed by atoms with Crippen LogP contribution < -0.4 is 0 Å². The number of phenolic OH excluding ortho intramolecular Hbond substituents is 1. The van der Waals surface area contributed by atoms with Crippen LogP contribution in [0.3, 0.4) is 0 Å².